The standard InChI is InChI=1S/C11H14ClNO4S/c1-13(8-7-11(14)17-2)18(15,16)10-6-4-3-5-9(10)12/h3-6H,7-8H2,1-2H3. The Morgan fingerprint density at radius 2 is 2.00 bits per heavy atom. The number of halogens is 1. The molecule has 0 spiro atoms. The Labute approximate surface area is 111 Å². The fourth-order valence-electron chi connectivity index (χ4n) is 1.29. The van der Waals surface area contributed by atoms with Gasteiger partial charge in [0, 0.05) is 13.6 Å². The quantitative estimate of drug-likeness (QED) is 0.772. The molecule has 0 saturated heterocycles. The van der Waals surface area contributed by atoms with Gasteiger partial charge in [0.15, 0.2) is 0 Å². The number of nitrogens with zero attached hydrogens (tertiary/aromatic N) is 1. The summed E-state index contributed by atoms with van der Waals surface area (Å²) in [7, 11) is -1.03. The molecular formula is C11H14ClNO4S. The molecule has 0 atom stereocenters. The first-order valence-corrected chi connectivity index (χ1v) is 6.99. The summed E-state index contributed by atoms with van der Waals surface area (Å²) in [5, 5.41) is 0.155. The zero-order valence-electron chi connectivity index (χ0n) is 10.1. The predicted molar refractivity (Wildman–Crippen MR) is 67.9 cm³/mol. The first-order valence-electron chi connectivity index (χ1n) is 5.17. The Morgan fingerprint density at radius 1 is 1.39 bits per heavy atom. The van der Waals surface area contributed by atoms with Crippen molar-refractivity contribution in [1.82, 2.24) is 4.31 Å². The lowest BCUT2D eigenvalue weighted by atomic mass is 10.4. The zero-order valence-corrected chi connectivity index (χ0v) is 11.7. The number of methoxy groups -OCH3 is 1. The van der Waals surface area contributed by atoms with Crippen LogP contribution in [0, 0.1) is 0 Å². The van der Waals surface area contributed by atoms with Gasteiger partial charge in [0.25, 0.3) is 0 Å². The molecule has 1 rings (SSSR count). The summed E-state index contributed by atoms with van der Waals surface area (Å²) in [6.07, 6.45) is -0.00329. The van der Waals surface area contributed by atoms with Crippen molar-refractivity contribution in [2.75, 3.05) is 20.7 Å². The highest BCUT2D eigenvalue weighted by Gasteiger charge is 2.23. The van der Waals surface area contributed by atoms with Gasteiger partial charge in [-0.05, 0) is 12.1 Å². The molecule has 0 aliphatic carbocycles. The largest absolute Gasteiger partial charge is 0.469 e. The van der Waals surface area contributed by atoms with Crippen molar-refractivity contribution < 1.29 is 17.9 Å². The van der Waals surface area contributed by atoms with E-state index in [9.17, 15) is 13.2 Å². The van der Waals surface area contributed by atoms with Crippen LogP contribution in [-0.2, 0) is 19.6 Å². The first kappa shape index (κ1) is 14.9. The lowest BCUT2D eigenvalue weighted by Gasteiger charge is -2.17. The van der Waals surface area contributed by atoms with Crippen LogP contribution in [0.2, 0.25) is 5.02 Å². The SMILES string of the molecule is COC(=O)CCN(C)S(=O)(=O)c1ccccc1Cl. The van der Waals surface area contributed by atoms with Crippen LogP contribution in [-0.4, -0.2) is 39.4 Å². The molecule has 100 valence electrons. The Hall–Kier alpha value is -1.11. The third-order valence-corrected chi connectivity index (χ3v) is 4.74. The van der Waals surface area contributed by atoms with Gasteiger partial charge < -0.3 is 4.74 Å². The van der Waals surface area contributed by atoms with E-state index >= 15 is 0 Å². The molecule has 0 N–H and O–H groups in total. The average molecular weight is 292 g/mol. The average Bonchev–Trinajstić information content (AvgIpc) is 2.35. The van der Waals surface area contributed by atoms with Crippen LogP contribution in [0.15, 0.2) is 29.2 Å². The zero-order chi connectivity index (χ0) is 13.8. The van der Waals surface area contributed by atoms with Crippen molar-refractivity contribution in [3.8, 4) is 0 Å². The number of carbonyl (C=O) groups is 1. The third-order valence-electron chi connectivity index (χ3n) is 2.38. The molecule has 0 aliphatic rings. The number of hydrogen-bond acceptors (Lipinski definition) is 4. The van der Waals surface area contributed by atoms with E-state index in [0.717, 1.165) is 4.31 Å². The van der Waals surface area contributed by atoms with E-state index in [1.165, 1.54) is 26.3 Å². The molecule has 0 fully saturated rings. The molecular weight excluding hydrogens is 278 g/mol. The summed E-state index contributed by atoms with van der Waals surface area (Å²) >= 11 is 5.85. The van der Waals surface area contributed by atoms with E-state index in [2.05, 4.69) is 4.74 Å². The van der Waals surface area contributed by atoms with Crippen molar-refractivity contribution >= 4 is 27.6 Å². The van der Waals surface area contributed by atoms with Gasteiger partial charge >= 0.3 is 5.97 Å². The van der Waals surface area contributed by atoms with Crippen molar-refractivity contribution in [1.29, 1.82) is 0 Å². The Bertz CT molecular complexity index is 530. The van der Waals surface area contributed by atoms with Crippen LogP contribution < -0.4 is 0 Å². The number of benzene rings is 1. The molecule has 1 aromatic carbocycles. The minimum Gasteiger partial charge on any atom is -0.469 e. The summed E-state index contributed by atoms with van der Waals surface area (Å²) in [6.45, 7) is 0.0419. The smallest absolute Gasteiger partial charge is 0.306 e. The van der Waals surface area contributed by atoms with E-state index < -0.39 is 16.0 Å². The second-order valence-corrected chi connectivity index (χ2v) is 6.00. The Balaban J connectivity index is 2.87. The minimum absolute atomic E-state index is 0.00329. The normalized spacial score (nSPS) is 11.6. The number of esters is 1. The second-order valence-electron chi connectivity index (χ2n) is 3.58. The van der Waals surface area contributed by atoms with Gasteiger partial charge in [-0.15, -0.1) is 0 Å². The highest BCUT2D eigenvalue weighted by molar-refractivity contribution is 7.89. The number of hydrogen-bond donors (Lipinski definition) is 0. The number of carbonyl (C=O) groups excluding carboxylic acids is 1. The molecule has 1 aromatic rings. The van der Waals surface area contributed by atoms with Gasteiger partial charge in [-0.1, -0.05) is 23.7 Å². The maximum atomic E-state index is 12.1. The number of rotatable bonds is 5. The van der Waals surface area contributed by atoms with Crippen molar-refractivity contribution in [3.05, 3.63) is 29.3 Å². The predicted octanol–water partition coefficient (Wildman–Crippen LogP) is 1.52. The van der Waals surface area contributed by atoms with E-state index in [4.69, 9.17) is 11.6 Å². The monoisotopic (exact) mass is 291 g/mol. The topological polar surface area (TPSA) is 63.7 Å². The van der Waals surface area contributed by atoms with E-state index in [-0.39, 0.29) is 22.9 Å². The van der Waals surface area contributed by atoms with Crippen LogP contribution in [0.3, 0.4) is 0 Å². The van der Waals surface area contributed by atoms with Gasteiger partial charge in [-0.3, -0.25) is 4.79 Å². The number of sulfonamides is 1. The Morgan fingerprint density at radius 3 is 2.56 bits per heavy atom. The maximum absolute atomic E-state index is 12.1. The van der Waals surface area contributed by atoms with E-state index in [1.54, 1.807) is 12.1 Å². The lowest BCUT2D eigenvalue weighted by Crippen LogP contribution is -2.29. The van der Waals surface area contributed by atoms with E-state index in [1.807, 2.05) is 0 Å². The molecule has 0 heterocycles. The van der Waals surface area contributed by atoms with Crippen molar-refractivity contribution in [3.63, 3.8) is 0 Å². The molecule has 0 aromatic heterocycles. The minimum atomic E-state index is -3.68. The third kappa shape index (κ3) is 3.44. The molecule has 0 bridgehead atoms. The fraction of sp³-hybridized carbons (Fsp3) is 0.364. The molecule has 18 heavy (non-hydrogen) atoms. The van der Waals surface area contributed by atoms with Crippen LogP contribution in [0.1, 0.15) is 6.42 Å². The molecule has 0 aliphatic heterocycles. The molecule has 0 radical (unpaired) electrons. The lowest BCUT2D eigenvalue weighted by molar-refractivity contribution is -0.140. The summed E-state index contributed by atoms with van der Waals surface area (Å²) in [5.74, 6) is -0.462. The second kappa shape index (κ2) is 6.17. The van der Waals surface area contributed by atoms with Gasteiger partial charge in [-0.2, -0.15) is 0 Å². The van der Waals surface area contributed by atoms with E-state index in [0.29, 0.717) is 0 Å². The summed E-state index contributed by atoms with van der Waals surface area (Å²) in [6, 6.07) is 6.16. The number of ether oxygens (including phenoxy) is 1. The molecule has 5 nitrogen and oxygen atoms in total. The summed E-state index contributed by atoms with van der Waals surface area (Å²) in [5.41, 5.74) is 0. The first-order chi connectivity index (χ1) is 8.39. The molecule has 0 amide bonds. The molecule has 0 saturated carbocycles. The molecule has 0 unspecified atom stereocenters. The van der Waals surface area contributed by atoms with Crippen LogP contribution >= 0.6 is 11.6 Å². The van der Waals surface area contributed by atoms with Gasteiger partial charge in [0.1, 0.15) is 4.90 Å². The maximum Gasteiger partial charge on any atom is 0.306 e. The van der Waals surface area contributed by atoms with Gasteiger partial charge in [0.2, 0.25) is 10.0 Å². The summed E-state index contributed by atoms with van der Waals surface area (Å²) < 4.78 is 29.8. The van der Waals surface area contributed by atoms with Crippen LogP contribution in [0.5, 0.6) is 0 Å². The summed E-state index contributed by atoms with van der Waals surface area (Å²) in [4.78, 5) is 11.0. The Kier molecular flexibility index (Phi) is 5.13. The highest BCUT2D eigenvalue weighted by atomic mass is 35.5. The van der Waals surface area contributed by atoms with Crippen LogP contribution in [0.25, 0.3) is 0 Å². The van der Waals surface area contributed by atoms with Crippen molar-refractivity contribution in [2.45, 2.75) is 11.3 Å². The van der Waals surface area contributed by atoms with Crippen molar-refractivity contribution in [2.24, 2.45) is 0 Å². The van der Waals surface area contributed by atoms with Gasteiger partial charge in [-0.25, -0.2) is 12.7 Å². The highest BCUT2D eigenvalue weighted by Crippen LogP contribution is 2.23. The van der Waals surface area contributed by atoms with Crippen LogP contribution in [0.4, 0.5) is 0 Å². The fourth-order valence-corrected chi connectivity index (χ4v) is 2.95. The van der Waals surface area contributed by atoms with Gasteiger partial charge in [0.05, 0.1) is 18.6 Å². The molecule has 7 heteroatoms.